The Labute approximate surface area is 183 Å². The Morgan fingerprint density at radius 3 is 2.68 bits per heavy atom. The van der Waals surface area contributed by atoms with Crippen molar-refractivity contribution in [2.24, 2.45) is 0 Å². The molecule has 2 aromatic carbocycles. The summed E-state index contributed by atoms with van der Waals surface area (Å²) in [5.41, 5.74) is 1.53. The van der Waals surface area contributed by atoms with Gasteiger partial charge in [0.15, 0.2) is 5.13 Å². The Balaban J connectivity index is 1.83. The fourth-order valence-corrected chi connectivity index (χ4v) is 4.39. The molecule has 2 aromatic heterocycles. The van der Waals surface area contributed by atoms with Crippen molar-refractivity contribution in [2.45, 2.75) is 6.92 Å². The zero-order valence-electron chi connectivity index (χ0n) is 17.8. The molecule has 4 aromatic rings. The molecule has 7 nitrogen and oxygen atoms in total. The Morgan fingerprint density at radius 2 is 1.94 bits per heavy atom. The lowest BCUT2D eigenvalue weighted by atomic mass is 10.1. The monoisotopic (exact) mass is 437 g/mol. The summed E-state index contributed by atoms with van der Waals surface area (Å²) in [7, 11) is 5.45. The number of carbonyl (C=O) groups excluding carboxylic acids is 1. The van der Waals surface area contributed by atoms with E-state index in [0.29, 0.717) is 40.5 Å². The van der Waals surface area contributed by atoms with Gasteiger partial charge in [0.25, 0.3) is 5.91 Å². The number of amides is 1. The van der Waals surface area contributed by atoms with Gasteiger partial charge in [-0.3, -0.25) is 9.69 Å². The molecule has 0 N–H and O–H groups in total. The van der Waals surface area contributed by atoms with Crippen molar-refractivity contribution in [1.29, 1.82) is 0 Å². The second-order valence-corrected chi connectivity index (χ2v) is 8.48. The number of aryl methyl sites for hydroxylation is 1. The lowest BCUT2D eigenvalue weighted by Crippen LogP contribution is -2.38. The van der Waals surface area contributed by atoms with E-state index >= 15 is 0 Å². The van der Waals surface area contributed by atoms with E-state index in [9.17, 15) is 9.59 Å². The maximum atomic E-state index is 13.5. The van der Waals surface area contributed by atoms with Crippen molar-refractivity contribution in [3.05, 3.63) is 64.0 Å². The number of hydrogen-bond acceptors (Lipinski definition) is 7. The van der Waals surface area contributed by atoms with Gasteiger partial charge in [0, 0.05) is 18.5 Å². The second-order valence-electron chi connectivity index (χ2n) is 7.50. The summed E-state index contributed by atoms with van der Waals surface area (Å²) >= 11 is 1.41. The molecule has 0 bridgehead atoms. The van der Waals surface area contributed by atoms with Gasteiger partial charge >= 0.3 is 5.63 Å². The van der Waals surface area contributed by atoms with Crippen molar-refractivity contribution in [2.75, 3.05) is 39.2 Å². The lowest BCUT2D eigenvalue weighted by molar-refractivity contribution is 0.0982. The normalized spacial score (nSPS) is 11.4. The number of hydrogen-bond donors (Lipinski definition) is 0. The van der Waals surface area contributed by atoms with Gasteiger partial charge in [-0.25, -0.2) is 9.78 Å². The molecule has 31 heavy (non-hydrogen) atoms. The fourth-order valence-electron chi connectivity index (χ4n) is 3.32. The first-order valence-electron chi connectivity index (χ1n) is 9.82. The molecular weight excluding hydrogens is 414 g/mol. The van der Waals surface area contributed by atoms with Crippen LogP contribution in [0.15, 0.2) is 51.7 Å². The van der Waals surface area contributed by atoms with Crippen LogP contribution in [0.1, 0.15) is 15.9 Å². The quantitative estimate of drug-likeness (QED) is 0.426. The average Bonchev–Trinajstić information content (AvgIpc) is 3.19. The third kappa shape index (κ3) is 4.04. The Hall–Kier alpha value is -3.23. The molecule has 0 atom stereocenters. The molecule has 0 aliphatic carbocycles. The number of anilines is 1. The minimum absolute atomic E-state index is 0.0135. The zero-order valence-corrected chi connectivity index (χ0v) is 18.7. The smallest absolute Gasteiger partial charge is 0.349 e. The molecule has 0 radical (unpaired) electrons. The van der Waals surface area contributed by atoms with Crippen LogP contribution < -0.4 is 15.3 Å². The molecule has 0 unspecified atom stereocenters. The number of ether oxygens (including phenoxy) is 1. The number of methoxy groups -OCH3 is 1. The van der Waals surface area contributed by atoms with E-state index < -0.39 is 11.5 Å². The van der Waals surface area contributed by atoms with Gasteiger partial charge in [-0.1, -0.05) is 35.6 Å². The van der Waals surface area contributed by atoms with Gasteiger partial charge in [0.05, 0.1) is 11.8 Å². The maximum Gasteiger partial charge on any atom is 0.349 e. The highest BCUT2D eigenvalue weighted by molar-refractivity contribution is 7.22. The molecule has 4 rings (SSSR count). The largest absolute Gasteiger partial charge is 0.494 e. The maximum absolute atomic E-state index is 13.5. The van der Waals surface area contributed by atoms with Crippen LogP contribution in [-0.4, -0.2) is 50.1 Å². The van der Waals surface area contributed by atoms with Gasteiger partial charge in [-0.15, -0.1) is 0 Å². The minimum Gasteiger partial charge on any atom is -0.494 e. The molecule has 1 amide bonds. The van der Waals surface area contributed by atoms with Crippen LogP contribution in [0.25, 0.3) is 21.2 Å². The van der Waals surface area contributed by atoms with Crippen molar-refractivity contribution in [3.63, 3.8) is 0 Å². The molecule has 0 spiro atoms. The molecule has 2 heterocycles. The number of thiazole rings is 1. The van der Waals surface area contributed by atoms with Gasteiger partial charge in [0.2, 0.25) is 0 Å². The summed E-state index contributed by atoms with van der Waals surface area (Å²) in [6.07, 6.45) is 0. The first-order valence-corrected chi connectivity index (χ1v) is 10.6. The molecule has 0 fully saturated rings. The number of nitrogens with zero attached hydrogens (tertiary/aromatic N) is 3. The molecule has 0 aliphatic heterocycles. The van der Waals surface area contributed by atoms with E-state index in [1.165, 1.54) is 11.3 Å². The van der Waals surface area contributed by atoms with Crippen molar-refractivity contribution >= 4 is 43.6 Å². The first kappa shape index (κ1) is 21.0. The van der Waals surface area contributed by atoms with E-state index in [1.54, 1.807) is 30.2 Å². The van der Waals surface area contributed by atoms with Crippen LogP contribution in [0.3, 0.4) is 0 Å². The summed E-state index contributed by atoms with van der Waals surface area (Å²) in [6, 6.07) is 12.6. The summed E-state index contributed by atoms with van der Waals surface area (Å²) in [5, 5.41) is 1.21. The average molecular weight is 438 g/mol. The van der Waals surface area contributed by atoms with E-state index in [4.69, 9.17) is 14.1 Å². The van der Waals surface area contributed by atoms with Gasteiger partial charge < -0.3 is 14.1 Å². The van der Waals surface area contributed by atoms with Gasteiger partial charge in [-0.05, 0) is 44.8 Å². The topological polar surface area (TPSA) is 75.9 Å². The van der Waals surface area contributed by atoms with Crippen LogP contribution in [0.4, 0.5) is 5.13 Å². The molecule has 0 saturated carbocycles. The molecule has 8 heteroatoms. The van der Waals surface area contributed by atoms with E-state index in [2.05, 4.69) is 0 Å². The summed E-state index contributed by atoms with van der Waals surface area (Å²) in [5.74, 6) is 0.213. The van der Waals surface area contributed by atoms with Crippen LogP contribution in [0, 0.1) is 6.92 Å². The zero-order chi connectivity index (χ0) is 22.1. The number of carbonyl (C=O) groups is 1. The minimum atomic E-state index is -0.659. The summed E-state index contributed by atoms with van der Waals surface area (Å²) in [4.78, 5) is 34.4. The van der Waals surface area contributed by atoms with Crippen molar-refractivity contribution in [1.82, 2.24) is 9.88 Å². The fraction of sp³-hybridized carbons (Fsp3) is 0.261. The van der Waals surface area contributed by atoms with Crippen LogP contribution in [0.2, 0.25) is 0 Å². The lowest BCUT2D eigenvalue weighted by Gasteiger charge is -2.21. The van der Waals surface area contributed by atoms with Crippen LogP contribution in [0.5, 0.6) is 5.75 Å². The SMILES string of the molecule is COc1ccc(C)c2sc(N(CCN(C)C)C(=O)c3cc4ccccc4oc3=O)nc12. The molecule has 0 aliphatic rings. The third-order valence-corrected chi connectivity index (χ3v) is 6.24. The standard InChI is InChI=1S/C23H23N3O4S/c1-14-9-10-18(29-4)19-20(14)31-23(24-19)26(12-11-25(2)3)21(27)16-13-15-7-5-6-8-17(15)30-22(16)28/h5-10,13H,11-12H2,1-4H3. The van der Waals surface area contributed by atoms with Gasteiger partial charge in [-0.2, -0.15) is 0 Å². The molecular formula is C23H23N3O4S. The third-order valence-electron chi connectivity index (χ3n) is 5.03. The number of para-hydroxylation sites is 1. The van der Waals surface area contributed by atoms with E-state index in [0.717, 1.165) is 10.3 Å². The number of benzene rings is 2. The summed E-state index contributed by atoms with van der Waals surface area (Å²) in [6.45, 7) is 2.98. The van der Waals surface area contributed by atoms with E-state index in [-0.39, 0.29) is 5.56 Å². The highest BCUT2D eigenvalue weighted by Crippen LogP contribution is 2.36. The Kier molecular flexibility index (Phi) is 5.75. The Morgan fingerprint density at radius 1 is 1.16 bits per heavy atom. The first-order chi connectivity index (χ1) is 14.9. The predicted octanol–water partition coefficient (Wildman–Crippen LogP) is 3.93. The summed E-state index contributed by atoms with van der Waals surface area (Å²) < 4.78 is 11.8. The van der Waals surface area contributed by atoms with E-state index in [1.807, 2.05) is 50.2 Å². The molecule has 160 valence electrons. The number of aromatic nitrogens is 1. The van der Waals surface area contributed by atoms with Crippen molar-refractivity contribution in [3.8, 4) is 5.75 Å². The highest BCUT2D eigenvalue weighted by Gasteiger charge is 2.26. The van der Waals surface area contributed by atoms with Gasteiger partial charge in [0.1, 0.15) is 22.4 Å². The number of rotatable bonds is 6. The number of fused-ring (bicyclic) bond motifs is 2. The molecule has 0 saturated heterocycles. The van der Waals surface area contributed by atoms with Crippen LogP contribution in [-0.2, 0) is 0 Å². The Bertz CT molecular complexity index is 1330. The van der Waals surface area contributed by atoms with Crippen LogP contribution >= 0.6 is 11.3 Å². The van der Waals surface area contributed by atoms with Crippen molar-refractivity contribution < 1.29 is 13.9 Å². The number of likely N-dealkylation sites (N-methyl/N-ethyl adjacent to an activating group) is 1. The highest BCUT2D eigenvalue weighted by atomic mass is 32.1. The second kappa shape index (κ2) is 8.49. The predicted molar refractivity (Wildman–Crippen MR) is 124 cm³/mol.